The minimum absolute atomic E-state index is 0.0313. The average Bonchev–Trinajstić information content (AvgIpc) is 3.20. The van der Waals surface area contributed by atoms with E-state index in [0.29, 0.717) is 11.8 Å². The maximum absolute atomic E-state index is 12.4. The highest BCUT2D eigenvalue weighted by Gasteiger charge is 2.42. The van der Waals surface area contributed by atoms with E-state index in [2.05, 4.69) is 11.8 Å². The molecule has 3 aliphatic rings. The van der Waals surface area contributed by atoms with Crippen LogP contribution in [0.25, 0.3) is 0 Å². The van der Waals surface area contributed by atoms with Crippen LogP contribution in [0.2, 0.25) is 0 Å². The number of carbonyl (C=O) groups is 2. The summed E-state index contributed by atoms with van der Waals surface area (Å²) < 4.78 is 5.39. The molecule has 0 aromatic carbocycles. The fraction of sp³-hybridized carbons (Fsp3) is 0.882. The standard InChI is InChI=1S/C17H28N2O3/c1-13-6-10-18(11-7-13)15(20)12-22-17(21)16(14-4-5-14)19-8-2-3-9-19/h13-14,16H,2-12H2,1H3/t16-/m0/s1. The van der Waals surface area contributed by atoms with Gasteiger partial charge in [0.25, 0.3) is 5.91 Å². The van der Waals surface area contributed by atoms with Crippen LogP contribution >= 0.6 is 0 Å². The Labute approximate surface area is 133 Å². The minimum Gasteiger partial charge on any atom is -0.454 e. The van der Waals surface area contributed by atoms with E-state index in [-0.39, 0.29) is 24.5 Å². The molecule has 0 spiro atoms. The summed E-state index contributed by atoms with van der Waals surface area (Å²) in [6.45, 7) is 5.73. The van der Waals surface area contributed by atoms with Gasteiger partial charge in [-0.1, -0.05) is 6.92 Å². The lowest BCUT2D eigenvalue weighted by Gasteiger charge is -2.30. The second-order valence-corrected chi connectivity index (χ2v) is 7.20. The Morgan fingerprint density at radius 3 is 2.27 bits per heavy atom. The van der Waals surface area contributed by atoms with Gasteiger partial charge in [-0.25, -0.2) is 0 Å². The normalized spacial score (nSPS) is 25.2. The number of rotatable bonds is 5. The van der Waals surface area contributed by atoms with E-state index in [1.807, 2.05) is 4.90 Å². The summed E-state index contributed by atoms with van der Waals surface area (Å²) in [6, 6.07) is -0.100. The molecule has 3 rings (SSSR count). The monoisotopic (exact) mass is 308 g/mol. The fourth-order valence-electron chi connectivity index (χ4n) is 3.64. The molecule has 0 radical (unpaired) electrons. The molecule has 124 valence electrons. The average molecular weight is 308 g/mol. The van der Waals surface area contributed by atoms with Gasteiger partial charge < -0.3 is 9.64 Å². The summed E-state index contributed by atoms with van der Waals surface area (Å²) in [5, 5.41) is 0. The lowest BCUT2D eigenvalue weighted by molar-refractivity contribution is -0.157. The molecule has 5 heteroatoms. The van der Waals surface area contributed by atoms with Crippen molar-refractivity contribution in [1.82, 2.24) is 9.80 Å². The van der Waals surface area contributed by atoms with Gasteiger partial charge in [0, 0.05) is 13.1 Å². The van der Waals surface area contributed by atoms with Crippen LogP contribution in [0.3, 0.4) is 0 Å². The quantitative estimate of drug-likeness (QED) is 0.725. The largest absolute Gasteiger partial charge is 0.454 e. The summed E-state index contributed by atoms with van der Waals surface area (Å²) in [5.74, 6) is 0.942. The zero-order valence-electron chi connectivity index (χ0n) is 13.6. The number of esters is 1. The molecule has 1 saturated carbocycles. The molecule has 1 aliphatic carbocycles. The van der Waals surface area contributed by atoms with Crippen molar-refractivity contribution in [3.05, 3.63) is 0 Å². The molecule has 1 amide bonds. The Balaban J connectivity index is 1.47. The zero-order valence-corrected chi connectivity index (χ0v) is 13.6. The first kappa shape index (κ1) is 15.8. The number of ether oxygens (including phenoxy) is 1. The number of piperidine rings is 1. The Morgan fingerprint density at radius 2 is 1.68 bits per heavy atom. The van der Waals surface area contributed by atoms with Crippen LogP contribution in [0, 0.1) is 11.8 Å². The highest BCUT2D eigenvalue weighted by molar-refractivity contribution is 5.83. The smallest absolute Gasteiger partial charge is 0.324 e. The summed E-state index contributed by atoms with van der Waals surface area (Å²) in [6.07, 6.45) is 6.68. The molecule has 0 N–H and O–H groups in total. The first-order valence-corrected chi connectivity index (χ1v) is 8.83. The maximum atomic E-state index is 12.4. The Bertz CT molecular complexity index is 408. The highest BCUT2D eigenvalue weighted by Crippen LogP contribution is 2.37. The molecule has 0 unspecified atom stereocenters. The number of likely N-dealkylation sites (tertiary alicyclic amines) is 2. The van der Waals surface area contributed by atoms with E-state index in [0.717, 1.165) is 51.9 Å². The van der Waals surface area contributed by atoms with Crippen molar-refractivity contribution in [2.45, 2.75) is 51.5 Å². The lowest BCUT2D eigenvalue weighted by Crippen LogP contribution is -2.44. The second-order valence-electron chi connectivity index (χ2n) is 7.20. The predicted octanol–water partition coefficient (Wildman–Crippen LogP) is 1.66. The zero-order chi connectivity index (χ0) is 15.5. The number of amides is 1. The second kappa shape index (κ2) is 6.99. The van der Waals surface area contributed by atoms with Gasteiger partial charge in [0.2, 0.25) is 0 Å². The summed E-state index contributed by atoms with van der Waals surface area (Å²) in [5.41, 5.74) is 0. The van der Waals surface area contributed by atoms with Crippen molar-refractivity contribution in [2.75, 3.05) is 32.8 Å². The molecule has 0 aromatic rings. The molecule has 0 aromatic heterocycles. The third-order valence-electron chi connectivity index (χ3n) is 5.32. The molecule has 3 fully saturated rings. The Kier molecular flexibility index (Phi) is 5.01. The van der Waals surface area contributed by atoms with Gasteiger partial charge in [-0.2, -0.15) is 0 Å². The first-order chi connectivity index (χ1) is 10.6. The van der Waals surface area contributed by atoms with E-state index in [9.17, 15) is 9.59 Å². The van der Waals surface area contributed by atoms with E-state index in [1.54, 1.807) is 0 Å². The molecule has 2 saturated heterocycles. The molecule has 5 nitrogen and oxygen atoms in total. The molecule has 2 heterocycles. The van der Waals surface area contributed by atoms with Crippen LogP contribution in [0.15, 0.2) is 0 Å². The number of carbonyl (C=O) groups excluding carboxylic acids is 2. The van der Waals surface area contributed by atoms with Crippen molar-refractivity contribution < 1.29 is 14.3 Å². The van der Waals surface area contributed by atoms with Gasteiger partial charge in [-0.05, 0) is 63.5 Å². The van der Waals surface area contributed by atoms with Gasteiger partial charge >= 0.3 is 5.97 Å². The molecular weight excluding hydrogens is 280 g/mol. The number of hydrogen-bond acceptors (Lipinski definition) is 4. The fourth-order valence-corrected chi connectivity index (χ4v) is 3.64. The predicted molar refractivity (Wildman–Crippen MR) is 83.3 cm³/mol. The maximum Gasteiger partial charge on any atom is 0.324 e. The molecule has 1 atom stereocenters. The van der Waals surface area contributed by atoms with Gasteiger partial charge in [0.1, 0.15) is 6.04 Å². The molecule has 2 aliphatic heterocycles. The number of nitrogens with zero attached hydrogens (tertiary/aromatic N) is 2. The summed E-state index contributed by atoms with van der Waals surface area (Å²) >= 11 is 0. The van der Waals surface area contributed by atoms with E-state index in [1.165, 1.54) is 12.8 Å². The summed E-state index contributed by atoms with van der Waals surface area (Å²) in [4.78, 5) is 28.7. The first-order valence-electron chi connectivity index (χ1n) is 8.83. The summed E-state index contributed by atoms with van der Waals surface area (Å²) in [7, 11) is 0. The Morgan fingerprint density at radius 1 is 1.05 bits per heavy atom. The third kappa shape index (κ3) is 3.80. The van der Waals surface area contributed by atoms with Crippen LogP contribution < -0.4 is 0 Å². The topological polar surface area (TPSA) is 49.9 Å². The van der Waals surface area contributed by atoms with Crippen molar-refractivity contribution >= 4 is 11.9 Å². The van der Waals surface area contributed by atoms with Crippen LogP contribution in [0.4, 0.5) is 0 Å². The van der Waals surface area contributed by atoms with E-state index >= 15 is 0 Å². The third-order valence-corrected chi connectivity index (χ3v) is 5.32. The van der Waals surface area contributed by atoms with Gasteiger partial charge in [0.15, 0.2) is 6.61 Å². The van der Waals surface area contributed by atoms with Crippen molar-refractivity contribution in [1.29, 1.82) is 0 Å². The molecular formula is C17H28N2O3. The number of hydrogen-bond donors (Lipinski definition) is 0. The van der Waals surface area contributed by atoms with Crippen molar-refractivity contribution in [2.24, 2.45) is 11.8 Å². The van der Waals surface area contributed by atoms with Gasteiger partial charge in [-0.3, -0.25) is 14.5 Å². The van der Waals surface area contributed by atoms with Crippen LogP contribution in [-0.2, 0) is 14.3 Å². The van der Waals surface area contributed by atoms with Crippen LogP contribution in [0.5, 0.6) is 0 Å². The van der Waals surface area contributed by atoms with Crippen molar-refractivity contribution in [3.63, 3.8) is 0 Å². The van der Waals surface area contributed by atoms with Crippen LogP contribution in [0.1, 0.15) is 45.4 Å². The lowest BCUT2D eigenvalue weighted by atomic mass is 9.99. The highest BCUT2D eigenvalue weighted by atomic mass is 16.5. The molecule has 22 heavy (non-hydrogen) atoms. The van der Waals surface area contributed by atoms with E-state index < -0.39 is 0 Å². The van der Waals surface area contributed by atoms with Crippen molar-refractivity contribution in [3.8, 4) is 0 Å². The molecule has 0 bridgehead atoms. The van der Waals surface area contributed by atoms with E-state index in [4.69, 9.17) is 4.74 Å². The van der Waals surface area contributed by atoms with Crippen LogP contribution in [-0.4, -0.2) is 60.5 Å². The van der Waals surface area contributed by atoms with Gasteiger partial charge in [0.05, 0.1) is 0 Å². The minimum atomic E-state index is -0.178. The van der Waals surface area contributed by atoms with Gasteiger partial charge in [-0.15, -0.1) is 0 Å². The Hall–Kier alpha value is -1.10. The SMILES string of the molecule is CC1CCN(C(=O)COC(=O)[C@H](C2CC2)N2CCCC2)CC1.